The molecule has 0 aromatic heterocycles. The summed E-state index contributed by atoms with van der Waals surface area (Å²) in [5.41, 5.74) is 1.42. The summed E-state index contributed by atoms with van der Waals surface area (Å²) in [6.07, 6.45) is 0.296. The fourth-order valence-electron chi connectivity index (χ4n) is 3.80. The highest BCUT2D eigenvalue weighted by Gasteiger charge is 2.30. The fraction of sp³-hybridized carbons (Fsp3) is 0.259. The average Bonchev–Trinajstić information content (AvgIpc) is 2.89. The van der Waals surface area contributed by atoms with Crippen molar-refractivity contribution in [2.75, 3.05) is 20.3 Å². The summed E-state index contributed by atoms with van der Waals surface area (Å²) in [4.78, 5) is 38.7. The van der Waals surface area contributed by atoms with Gasteiger partial charge in [0.15, 0.2) is 6.61 Å². The van der Waals surface area contributed by atoms with Crippen LogP contribution in [0.4, 0.5) is 5.69 Å². The Morgan fingerprint density at radius 2 is 1.78 bits per heavy atom. The fourth-order valence-corrected chi connectivity index (χ4v) is 4.02. The first-order chi connectivity index (χ1) is 17.8. The maximum absolute atomic E-state index is 13.5. The molecule has 9 nitrogen and oxygen atoms in total. The van der Waals surface area contributed by atoms with Crippen molar-refractivity contribution < 1.29 is 24.0 Å². The van der Waals surface area contributed by atoms with Crippen molar-refractivity contribution >= 4 is 29.1 Å². The van der Waals surface area contributed by atoms with Gasteiger partial charge in [-0.05, 0) is 36.2 Å². The summed E-state index contributed by atoms with van der Waals surface area (Å²) in [6, 6.07) is 19.7. The first-order valence-corrected chi connectivity index (χ1v) is 12.0. The molecule has 3 aromatic rings. The highest BCUT2D eigenvalue weighted by atomic mass is 35.5. The lowest BCUT2D eigenvalue weighted by molar-refractivity contribution is -0.385. The highest BCUT2D eigenvalue weighted by Crippen LogP contribution is 2.31. The van der Waals surface area contributed by atoms with Crippen LogP contribution in [0.15, 0.2) is 72.8 Å². The molecule has 10 heteroatoms. The van der Waals surface area contributed by atoms with Crippen molar-refractivity contribution in [3.63, 3.8) is 0 Å². The summed E-state index contributed by atoms with van der Waals surface area (Å²) in [7, 11) is 1.31. The van der Waals surface area contributed by atoms with Crippen molar-refractivity contribution in [2.24, 2.45) is 0 Å². The Labute approximate surface area is 220 Å². The zero-order valence-corrected chi connectivity index (χ0v) is 21.3. The summed E-state index contributed by atoms with van der Waals surface area (Å²) >= 11 is 6.17. The van der Waals surface area contributed by atoms with Crippen LogP contribution >= 0.6 is 11.6 Å². The largest absolute Gasteiger partial charge is 0.490 e. The van der Waals surface area contributed by atoms with E-state index < -0.39 is 23.5 Å². The number of carbonyl (C=O) groups is 2. The summed E-state index contributed by atoms with van der Waals surface area (Å²) in [5, 5.41) is 14.5. The molecule has 0 aliphatic heterocycles. The molecule has 3 rings (SSSR count). The molecule has 3 aromatic carbocycles. The first kappa shape index (κ1) is 27.5. The number of hydrogen-bond acceptors (Lipinski definition) is 6. The van der Waals surface area contributed by atoms with Gasteiger partial charge in [-0.1, -0.05) is 54.1 Å². The number of halogens is 1. The smallest absolute Gasteiger partial charge is 0.311 e. The van der Waals surface area contributed by atoms with Gasteiger partial charge in [0, 0.05) is 36.7 Å². The maximum Gasteiger partial charge on any atom is 0.311 e. The molecule has 0 heterocycles. The van der Waals surface area contributed by atoms with E-state index in [-0.39, 0.29) is 29.6 Å². The standard InChI is InChI=1S/C27H28ClN3O6/c1-3-29-27(33)24(15-19-8-5-4-6-9-19)30(17-20-10-7-11-21(28)14-20)26(32)18-37-22-12-13-23(31(34)35)25(16-22)36-2/h4-14,16,24H,3,15,17-18H2,1-2H3,(H,29,33)/t24-/m0/s1. The van der Waals surface area contributed by atoms with Gasteiger partial charge < -0.3 is 19.7 Å². The lowest BCUT2D eigenvalue weighted by Gasteiger charge is -2.31. The summed E-state index contributed by atoms with van der Waals surface area (Å²) < 4.78 is 10.7. The number of nitro groups is 1. The van der Waals surface area contributed by atoms with E-state index in [1.165, 1.54) is 30.2 Å². The number of nitrogens with zero attached hydrogens (tertiary/aromatic N) is 2. The van der Waals surface area contributed by atoms with Crippen molar-refractivity contribution in [3.8, 4) is 11.5 Å². The third-order valence-corrected chi connectivity index (χ3v) is 5.81. The topological polar surface area (TPSA) is 111 Å². The lowest BCUT2D eigenvalue weighted by atomic mass is 10.0. The monoisotopic (exact) mass is 525 g/mol. The molecule has 0 radical (unpaired) electrons. The predicted octanol–water partition coefficient (Wildman–Crippen LogP) is 4.41. The molecule has 0 fully saturated rings. The number of amides is 2. The van der Waals surface area contributed by atoms with Gasteiger partial charge in [0.1, 0.15) is 11.8 Å². The van der Waals surface area contributed by atoms with E-state index in [1.54, 1.807) is 18.2 Å². The van der Waals surface area contributed by atoms with Crippen molar-refractivity contribution in [2.45, 2.75) is 25.9 Å². The molecule has 0 saturated carbocycles. The Morgan fingerprint density at radius 3 is 2.43 bits per heavy atom. The minimum absolute atomic E-state index is 0.00927. The minimum Gasteiger partial charge on any atom is -0.490 e. The Morgan fingerprint density at radius 1 is 1.05 bits per heavy atom. The quantitative estimate of drug-likeness (QED) is 0.277. The van der Waals surface area contributed by atoms with Crippen molar-refractivity contribution in [1.82, 2.24) is 10.2 Å². The van der Waals surface area contributed by atoms with Gasteiger partial charge in [-0.3, -0.25) is 19.7 Å². The van der Waals surface area contributed by atoms with E-state index in [9.17, 15) is 19.7 Å². The number of nitro benzene ring substituents is 1. The van der Waals surface area contributed by atoms with Gasteiger partial charge in [-0.15, -0.1) is 0 Å². The lowest BCUT2D eigenvalue weighted by Crippen LogP contribution is -2.51. The number of nitrogens with one attached hydrogen (secondary N) is 1. The Kier molecular flexibility index (Phi) is 9.85. The Balaban J connectivity index is 1.89. The Bertz CT molecular complexity index is 1240. The van der Waals surface area contributed by atoms with Crippen LogP contribution in [0, 0.1) is 10.1 Å². The zero-order chi connectivity index (χ0) is 26.8. The number of methoxy groups -OCH3 is 1. The second-order valence-corrected chi connectivity index (χ2v) is 8.57. The van der Waals surface area contributed by atoms with Crippen LogP contribution in [-0.4, -0.2) is 47.9 Å². The third-order valence-electron chi connectivity index (χ3n) is 5.57. The zero-order valence-electron chi connectivity index (χ0n) is 20.6. The van der Waals surface area contributed by atoms with Crippen molar-refractivity contribution in [1.29, 1.82) is 0 Å². The number of ether oxygens (including phenoxy) is 2. The van der Waals surface area contributed by atoms with Gasteiger partial charge in [0.2, 0.25) is 11.7 Å². The van der Waals surface area contributed by atoms with Gasteiger partial charge in [-0.25, -0.2) is 0 Å². The molecule has 0 unspecified atom stereocenters. The molecule has 194 valence electrons. The summed E-state index contributed by atoms with van der Waals surface area (Å²) in [5.74, 6) is -0.505. The van der Waals surface area contributed by atoms with E-state index in [0.717, 1.165) is 11.1 Å². The minimum atomic E-state index is -0.816. The second-order valence-electron chi connectivity index (χ2n) is 8.13. The molecule has 1 N–H and O–H groups in total. The van der Waals surface area contributed by atoms with E-state index in [4.69, 9.17) is 21.1 Å². The van der Waals surface area contributed by atoms with Crippen LogP contribution in [0.2, 0.25) is 5.02 Å². The molecular formula is C27H28ClN3O6. The molecule has 0 spiro atoms. The normalized spacial score (nSPS) is 11.3. The van der Waals surface area contributed by atoms with Gasteiger partial charge in [0.05, 0.1) is 12.0 Å². The summed E-state index contributed by atoms with van der Waals surface area (Å²) in [6.45, 7) is 1.95. The number of hydrogen-bond donors (Lipinski definition) is 1. The molecule has 2 amide bonds. The maximum atomic E-state index is 13.5. The van der Waals surface area contributed by atoms with Crippen molar-refractivity contribution in [3.05, 3.63) is 99.1 Å². The van der Waals surface area contributed by atoms with Crippen LogP contribution in [0.1, 0.15) is 18.1 Å². The molecule has 0 saturated heterocycles. The number of benzene rings is 3. The van der Waals surface area contributed by atoms with Gasteiger partial charge >= 0.3 is 5.69 Å². The van der Waals surface area contributed by atoms with E-state index >= 15 is 0 Å². The molecule has 0 aliphatic carbocycles. The first-order valence-electron chi connectivity index (χ1n) is 11.6. The van der Waals surface area contributed by atoms with E-state index in [2.05, 4.69) is 5.32 Å². The van der Waals surface area contributed by atoms with E-state index in [1.807, 2.05) is 43.3 Å². The number of carbonyl (C=O) groups excluding carboxylic acids is 2. The molecule has 1 atom stereocenters. The molecular weight excluding hydrogens is 498 g/mol. The van der Waals surface area contributed by atoms with E-state index in [0.29, 0.717) is 18.0 Å². The molecule has 0 aliphatic rings. The van der Waals surface area contributed by atoms with Crippen LogP contribution in [0.25, 0.3) is 0 Å². The number of rotatable bonds is 12. The molecule has 0 bridgehead atoms. The Hall–Kier alpha value is -4.11. The SMILES string of the molecule is CCNC(=O)[C@H](Cc1ccccc1)N(Cc1cccc(Cl)c1)C(=O)COc1ccc([N+](=O)[O-])c(OC)c1. The predicted molar refractivity (Wildman–Crippen MR) is 140 cm³/mol. The second kappa shape index (κ2) is 13.3. The van der Waals surface area contributed by atoms with Gasteiger partial charge in [-0.2, -0.15) is 0 Å². The highest BCUT2D eigenvalue weighted by molar-refractivity contribution is 6.30. The van der Waals surface area contributed by atoms with Gasteiger partial charge in [0.25, 0.3) is 5.91 Å². The molecule has 37 heavy (non-hydrogen) atoms. The van der Waals surface area contributed by atoms with Crippen LogP contribution in [0.5, 0.6) is 11.5 Å². The average molecular weight is 526 g/mol. The number of likely N-dealkylation sites (N-methyl/N-ethyl adjacent to an activating group) is 1. The van der Waals surface area contributed by atoms with Crippen LogP contribution < -0.4 is 14.8 Å². The van der Waals surface area contributed by atoms with Crippen LogP contribution in [0.3, 0.4) is 0 Å². The third kappa shape index (κ3) is 7.68. The van der Waals surface area contributed by atoms with Crippen LogP contribution in [-0.2, 0) is 22.6 Å².